The van der Waals surface area contributed by atoms with Crippen LogP contribution >= 0.6 is 24.0 Å². The van der Waals surface area contributed by atoms with Gasteiger partial charge in [-0.1, -0.05) is 0 Å². The van der Waals surface area contributed by atoms with E-state index < -0.39 is 5.38 Å². The molecule has 0 aromatic carbocycles. The molecular formula is C5H10Cl2N2O. The number of ether oxygens (including phenoxy) is 1. The molecule has 0 amide bonds. The highest BCUT2D eigenvalue weighted by Crippen LogP contribution is 1.92. The molecule has 0 spiro atoms. The average molecular weight is 185 g/mol. The molecule has 60 valence electrons. The molecule has 0 aliphatic rings. The maximum absolute atomic E-state index is 8.14. The maximum Gasteiger partial charge on any atom is 0.143 e. The molecule has 3 nitrogen and oxygen atoms in total. The van der Waals surface area contributed by atoms with E-state index in [4.69, 9.17) is 27.3 Å². The van der Waals surface area contributed by atoms with E-state index in [1.165, 1.54) is 0 Å². The molecule has 0 aliphatic carbocycles. The Kier molecular flexibility index (Phi) is 11.4. The highest BCUT2D eigenvalue weighted by molar-refractivity contribution is 6.22. The molecule has 0 radical (unpaired) electrons. The maximum atomic E-state index is 8.14. The fourth-order valence-electron chi connectivity index (χ4n) is 0.307. The zero-order valence-electron chi connectivity index (χ0n) is 5.42. The molecule has 0 saturated carbocycles. The smallest absolute Gasteiger partial charge is 0.143 e. The largest absolute Gasteiger partial charge is 0.378 e. The molecule has 0 saturated heterocycles. The highest BCUT2D eigenvalue weighted by atomic mass is 35.5. The monoisotopic (exact) mass is 184 g/mol. The van der Waals surface area contributed by atoms with Crippen LogP contribution in [0.5, 0.6) is 0 Å². The highest BCUT2D eigenvalue weighted by Gasteiger charge is 1.99. The van der Waals surface area contributed by atoms with Gasteiger partial charge in [-0.2, -0.15) is 5.26 Å². The first-order chi connectivity index (χ1) is 4.31. The number of nitrogens with two attached hydrogens (primary N) is 1. The molecule has 1 atom stereocenters. The van der Waals surface area contributed by atoms with Crippen LogP contribution in [-0.4, -0.2) is 25.1 Å². The Morgan fingerprint density at radius 3 is 2.70 bits per heavy atom. The molecule has 0 fully saturated rings. The molecule has 0 heterocycles. The van der Waals surface area contributed by atoms with Crippen LogP contribution in [0.15, 0.2) is 0 Å². The van der Waals surface area contributed by atoms with Gasteiger partial charge in [0, 0.05) is 6.54 Å². The van der Waals surface area contributed by atoms with Crippen molar-refractivity contribution in [3.8, 4) is 6.07 Å². The van der Waals surface area contributed by atoms with Crippen molar-refractivity contribution in [3.05, 3.63) is 0 Å². The van der Waals surface area contributed by atoms with Crippen LogP contribution < -0.4 is 5.73 Å². The summed E-state index contributed by atoms with van der Waals surface area (Å²) in [4.78, 5) is 0. The number of nitriles is 1. The van der Waals surface area contributed by atoms with Gasteiger partial charge in [0.2, 0.25) is 0 Å². The van der Waals surface area contributed by atoms with Crippen LogP contribution in [0.1, 0.15) is 0 Å². The summed E-state index contributed by atoms with van der Waals surface area (Å²) in [6, 6.07) is 1.82. The van der Waals surface area contributed by atoms with E-state index in [1.807, 2.05) is 6.07 Å². The molecule has 0 bridgehead atoms. The van der Waals surface area contributed by atoms with Gasteiger partial charge in [0.05, 0.1) is 19.3 Å². The van der Waals surface area contributed by atoms with E-state index in [9.17, 15) is 0 Å². The summed E-state index contributed by atoms with van der Waals surface area (Å²) in [6.45, 7) is 1.19. The molecule has 5 heteroatoms. The van der Waals surface area contributed by atoms with Gasteiger partial charge in [-0.3, -0.25) is 0 Å². The predicted octanol–water partition coefficient (Wildman–Crippen LogP) is 0.514. The molecule has 0 aromatic heterocycles. The van der Waals surface area contributed by atoms with Crippen molar-refractivity contribution in [2.24, 2.45) is 5.73 Å². The van der Waals surface area contributed by atoms with Crippen LogP contribution in [0.3, 0.4) is 0 Å². The van der Waals surface area contributed by atoms with Gasteiger partial charge in [0.15, 0.2) is 0 Å². The minimum absolute atomic E-state index is 0. The fourth-order valence-corrected chi connectivity index (χ4v) is 0.396. The Morgan fingerprint density at radius 1 is 1.70 bits per heavy atom. The first-order valence-electron chi connectivity index (χ1n) is 2.62. The van der Waals surface area contributed by atoms with Crippen molar-refractivity contribution < 1.29 is 4.74 Å². The average Bonchev–Trinajstić information content (AvgIpc) is 1.89. The Morgan fingerprint density at radius 2 is 2.30 bits per heavy atom. The zero-order chi connectivity index (χ0) is 7.11. The van der Waals surface area contributed by atoms with E-state index in [0.717, 1.165) is 0 Å². The fraction of sp³-hybridized carbons (Fsp3) is 0.800. The van der Waals surface area contributed by atoms with Crippen LogP contribution in [0, 0.1) is 11.3 Å². The summed E-state index contributed by atoms with van der Waals surface area (Å²) >= 11 is 5.37. The third-order valence-corrected chi connectivity index (χ3v) is 0.890. The number of halogens is 2. The van der Waals surface area contributed by atoms with Crippen LogP contribution in [0.25, 0.3) is 0 Å². The number of nitrogens with zero attached hydrogens (tertiary/aromatic N) is 1. The van der Waals surface area contributed by atoms with Crippen molar-refractivity contribution in [2.75, 3.05) is 19.8 Å². The van der Waals surface area contributed by atoms with E-state index in [-0.39, 0.29) is 19.0 Å². The van der Waals surface area contributed by atoms with Gasteiger partial charge in [-0.05, 0) is 0 Å². The molecule has 0 rings (SSSR count). The normalized spacial score (nSPS) is 11.3. The van der Waals surface area contributed by atoms with Crippen molar-refractivity contribution in [1.29, 1.82) is 5.26 Å². The van der Waals surface area contributed by atoms with Crippen molar-refractivity contribution in [3.63, 3.8) is 0 Å². The van der Waals surface area contributed by atoms with Gasteiger partial charge in [0.1, 0.15) is 5.38 Å². The molecular weight excluding hydrogens is 175 g/mol. The molecule has 0 aromatic rings. The standard InChI is InChI=1S/C5H9ClN2O.ClH/c6-5(3-8)4-9-2-1-7;/h5H,1-2,4,7H2;1H. The first kappa shape index (κ1) is 12.6. The van der Waals surface area contributed by atoms with E-state index >= 15 is 0 Å². The minimum atomic E-state index is -0.545. The van der Waals surface area contributed by atoms with Gasteiger partial charge < -0.3 is 10.5 Å². The quantitative estimate of drug-likeness (QED) is 0.512. The van der Waals surface area contributed by atoms with E-state index in [1.54, 1.807) is 0 Å². The lowest BCUT2D eigenvalue weighted by Gasteiger charge is -1.99. The number of rotatable bonds is 4. The van der Waals surface area contributed by atoms with Gasteiger partial charge in [-0.25, -0.2) is 0 Å². The Bertz CT molecular complexity index is 104. The third-order valence-electron chi connectivity index (χ3n) is 0.666. The van der Waals surface area contributed by atoms with E-state index in [0.29, 0.717) is 13.2 Å². The first-order valence-corrected chi connectivity index (χ1v) is 3.06. The number of alkyl halides is 1. The van der Waals surface area contributed by atoms with Gasteiger partial charge >= 0.3 is 0 Å². The number of hydrogen-bond acceptors (Lipinski definition) is 3. The second-order valence-corrected chi connectivity index (χ2v) is 1.99. The van der Waals surface area contributed by atoms with Crippen molar-refractivity contribution in [1.82, 2.24) is 0 Å². The van der Waals surface area contributed by atoms with Crippen molar-refractivity contribution >= 4 is 24.0 Å². The summed E-state index contributed by atoms with van der Waals surface area (Å²) in [6.07, 6.45) is 0. The SMILES string of the molecule is Cl.N#CC(Cl)COCCN. The molecule has 10 heavy (non-hydrogen) atoms. The summed E-state index contributed by atoms with van der Waals surface area (Å²) in [5.74, 6) is 0. The van der Waals surface area contributed by atoms with Crippen LogP contribution in [0.4, 0.5) is 0 Å². The lowest BCUT2D eigenvalue weighted by atomic mass is 10.5. The molecule has 0 aliphatic heterocycles. The van der Waals surface area contributed by atoms with Crippen LogP contribution in [0.2, 0.25) is 0 Å². The van der Waals surface area contributed by atoms with E-state index in [2.05, 4.69) is 0 Å². The van der Waals surface area contributed by atoms with Gasteiger partial charge in [-0.15, -0.1) is 24.0 Å². The van der Waals surface area contributed by atoms with Crippen molar-refractivity contribution in [2.45, 2.75) is 5.38 Å². The topological polar surface area (TPSA) is 59.0 Å². The third kappa shape index (κ3) is 7.99. The summed E-state index contributed by atoms with van der Waals surface area (Å²) in [5.41, 5.74) is 5.11. The summed E-state index contributed by atoms with van der Waals surface area (Å²) < 4.78 is 4.86. The lowest BCUT2D eigenvalue weighted by Crippen LogP contribution is -2.13. The van der Waals surface area contributed by atoms with Gasteiger partial charge in [0.25, 0.3) is 0 Å². The van der Waals surface area contributed by atoms with Crippen LogP contribution in [-0.2, 0) is 4.74 Å². The Hall–Kier alpha value is -0.0100. The Labute approximate surface area is 71.5 Å². The molecule has 2 N–H and O–H groups in total. The zero-order valence-corrected chi connectivity index (χ0v) is 6.99. The summed E-state index contributed by atoms with van der Waals surface area (Å²) in [7, 11) is 0. The Balaban J connectivity index is 0. The summed E-state index contributed by atoms with van der Waals surface area (Å²) in [5, 5.41) is 7.60. The minimum Gasteiger partial charge on any atom is -0.378 e. The second-order valence-electron chi connectivity index (χ2n) is 1.46. The predicted molar refractivity (Wildman–Crippen MR) is 42.4 cm³/mol. The second kappa shape index (κ2) is 8.99. The lowest BCUT2D eigenvalue weighted by molar-refractivity contribution is 0.149. The molecule has 1 unspecified atom stereocenters. The number of hydrogen-bond donors (Lipinski definition) is 1.